The van der Waals surface area contributed by atoms with Crippen molar-refractivity contribution in [1.82, 2.24) is 10.1 Å². The summed E-state index contributed by atoms with van der Waals surface area (Å²) in [4.78, 5) is 3.82. The van der Waals surface area contributed by atoms with Crippen LogP contribution in [0.25, 0.3) is 11.4 Å². The van der Waals surface area contributed by atoms with Crippen molar-refractivity contribution < 1.29 is 8.91 Å². The molecule has 0 radical (unpaired) electrons. The van der Waals surface area contributed by atoms with E-state index in [2.05, 4.69) is 28.5 Å². The summed E-state index contributed by atoms with van der Waals surface area (Å²) in [6.45, 7) is 4.20. The van der Waals surface area contributed by atoms with E-state index in [4.69, 9.17) is 0 Å². The van der Waals surface area contributed by atoms with Gasteiger partial charge in [-0.1, -0.05) is 25.1 Å². The van der Waals surface area contributed by atoms with Crippen LogP contribution in [-0.2, 0) is 6.42 Å². The van der Waals surface area contributed by atoms with Crippen molar-refractivity contribution in [2.75, 3.05) is 0 Å². The number of halogens is 1. The van der Waals surface area contributed by atoms with E-state index in [1.165, 1.54) is 12.5 Å². The number of benzene rings is 1. The lowest BCUT2D eigenvalue weighted by molar-refractivity contribution is 0.418. The van der Waals surface area contributed by atoms with Gasteiger partial charge in [0.25, 0.3) is 0 Å². The molecule has 4 heteroatoms. The first-order chi connectivity index (χ1) is 7.66. The van der Waals surface area contributed by atoms with E-state index in [1.54, 1.807) is 6.07 Å². The van der Waals surface area contributed by atoms with Crippen molar-refractivity contribution in [2.45, 2.75) is 20.3 Å². The third kappa shape index (κ3) is 2.27. The third-order valence-electron chi connectivity index (χ3n) is 2.28. The Labute approximate surface area is 93.3 Å². The van der Waals surface area contributed by atoms with E-state index in [-0.39, 0.29) is 11.6 Å². The molecule has 0 fully saturated rings. The van der Waals surface area contributed by atoms with Gasteiger partial charge < -0.3 is 4.52 Å². The van der Waals surface area contributed by atoms with Crippen molar-refractivity contribution in [2.24, 2.45) is 5.92 Å². The van der Waals surface area contributed by atoms with Crippen LogP contribution in [-0.4, -0.2) is 10.1 Å². The summed E-state index contributed by atoms with van der Waals surface area (Å²) in [6.07, 6.45) is 2.06. The summed E-state index contributed by atoms with van der Waals surface area (Å²) in [7, 11) is 0. The van der Waals surface area contributed by atoms with Crippen molar-refractivity contribution in [1.29, 1.82) is 0 Å². The molecule has 0 saturated heterocycles. The van der Waals surface area contributed by atoms with E-state index in [9.17, 15) is 4.39 Å². The van der Waals surface area contributed by atoms with Gasteiger partial charge in [0.2, 0.25) is 12.2 Å². The average molecular weight is 220 g/mol. The molecule has 0 aliphatic carbocycles. The Bertz CT molecular complexity index is 466. The summed E-state index contributed by atoms with van der Waals surface area (Å²) in [6, 6.07) is 5.12. The Morgan fingerprint density at radius 2 is 2.19 bits per heavy atom. The van der Waals surface area contributed by atoms with Crippen molar-refractivity contribution in [3.63, 3.8) is 0 Å². The van der Waals surface area contributed by atoms with Crippen molar-refractivity contribution in [3.05, 3.63) is 36.0 Å². The molecule has 0 aliphatic rings. The highest BCUT2D eigenvalue weighted by Gasteiger charge is 2.10. The topological polar surface area (TPSA) is 38.9 Å². The molecule has 1 heterocycles. The maximum absolute atomic E-state index is 13.7. The van der Waals surface area contributed by atoms with Crippen LogP contribution in [0.1, 0.15) is 19.4 Å². The molecule has 0 atom stereocenters. The first kappa shape index (κ1) is 10.8. The van der Waals surface area contributed by atoms with E-state index in [0.29, 0.717) is 11.5 Å². The van der Waals surface area contributed by atoms with Crippen molar-refractivity contribution in [3.8, 4) is 11.4 Å². The minimum atomic E-state index is -0.306. The Balaban J connectivity index is 2.30. The highest BCUT2D eigenvalue weighted by atomic mass is 19.1. The zero-order valence-electron chi connectivity index (χ0n) is 9.27. The first-order valence-corrected chi connectivity index (χ1v) is 5.22. The molecule has 84 valence electrons. The maximum Gasteiger partial charge on any atom is 0.214 e. The lowest BCUT2D eigenvalue weighted by Crippen LogP contribution is -1.96. The largest absolute Gasteiger partial charge is 0.342 e. The molecule has 0 aliphatic heterocycles. The quantitative estimate of drug-likeness (QED) is 0.797. The Kier molecular flexibility index (Phi) is 2.99. The molecule has 2 aromatic rings. The zero-order valence-corrected chi connectivity index (χ0v) is 9.27. The monoisotopic (exact) mass is 220 g/mol. The Morgan fingerprint density at radius 3 is 2.75 bits per heavy atom. The Hall–Kier alpha value is -1.71. The number of hydrogen-bond acceptors (Lipinski definition) is 3. The van der Waals surface area contributed by atoms with E-state index < -0.39 is 0 Å². The molecule has 2 rings (SSSR count). The predicted octanol–water partition coefficient (Wildman–Crippen LogP) is 3.07. The summed E-state index contributed by atoms with van der Waals surface area (Å²) in [5.41, 5.74) is 1.36. The van der Waals surface area contributed by atoms with Crippen LogP contribution in [0.2, 0.25) is 0 Å². The van der Waals surface area contributed by atoms with E-state index in [0.717, 1.165) is 12.0 Å². The molecule has 0 N–H and O–H groups in total. The van der Waals surface area contributed by atoms with Gasteiger partial charge in [-0.15, -0.1) is 0 Å². The molecule has 0 saturated carbocycles. The normalized spacial score (nSPS) is 11.0. The SMILES string of the molecule is CC(C)Cc1ccc(-c2ncon2)c(F)c1. The molecule has 1 aromatic heterocycles. The van der Waals surface area contributed by atoms with Gasteiger partial charge in [-0.3, -0.25) is 0 Å². The van der Waals surface area contributed by atoms with Gasteiger partial charge in [0.05, 0.1) is 5.56 Å². The van der Waals surface area contributed by atoms with Gasteiger partial charge in [0.1, 0.15) is 5.82 Å². The molecular weight excluding hydrogens is 207 g/mol. The van der Waals surface area contributed by atoms with E-state index in [1.807, 2.05) is 6.07 Å². The zero-order chi connectivity index (χ0) is 11.5. The molecule has 0 amide bonds. The lowest BCUT2D eigenvalue weighted by atomic mass is 10.0. The second kappa shape index (κ2) is 4.43. The van der Waals surface area contributed by atoms with Crippen LogP contribution in [0.3, 0.4) is 0 Å². The molecule has 1 aromatic carbocycles. The van der Waals surface area contributed by atoms with Crippen LogP contribution in [0, 0.1) is 11.7 Å². The highest BCUT2D eigenvalue weighted by molar-refractivity contribution is 5.55. The highest BCUT2D eigenvalue weighted by Crippen LogP contribution is 2.21. The molecule has 0 bridgehead atoms. The van der Waals surface area contributed by atoms with Crippen molar-refractivity contribution >= 4 is 0 Å². The molecule has 0 spiro atoms. The number of hydrogen-bond donors (Lipinski definition) is 0. The van der Waals surface area contributed by atoms with Gasteiger partial charge >= 0.3 is 0 Å². The third-order valence-corrected chi connectivity index (χ3v) is 2.28. The summed E-state index contributed by atoms with van der Waals surface area (Å²) in [5.74, 6) is 0.489. The fourth-order valence-corrected chi connectivity index (χ4v) is 1.63. The first-order valence-electron chi connectivity index (χ1n) is 5.22. The standard InChI is InChI=1S/C12H13FN2O/c1-8(2)5-9-3-4-10(11(13)6-9)12-14-7-16-15-12/h3-4,6-8H,5H2,1-2H3. The predicted molar refractivity (Wildman–Crippen MR) is 58.2 cm³/mol. The van der Waals surface area contributed by atoms with Crippen LogP contribution in [0.5, 0.6) is 0 Å². The minimum absolute atomic E-state index is 0.286. The maximum atomic E-state index is 13.7. The molecule has 16 heavy (non-hydrogen) atoms. The molecule has 3 nitrogen and oxygen atoms in total. The van der Waals surface area contributed by atoms with Gasteiger partial charge in [-0.25, -0.2) is 4.39 Å². The smallest absolute Gasteiger partial charge is 0.214 e. The van der Waals surface area contributed by atoms with Gasteiger partial charge in [-0.2, -0.15) is 4.98 Å². The number of rotatable bonds is 3. The van der Waals surface area contributed by atoms with E-state index >= 15 is 0 Å². The van der Waals surface area contributed by atoms with Crippen LogP contribution in [0.4, 0.5) is 4.39 Å². The van der Waals surface area contributed by atoms with Crippen LogP contribution >= 0.6 is 0 Å². The van der Waals surface area contributed by atoms with Crippen LogP contribution < -0.4 is 0 Å². The fraction of sp³-hybridized carbons (Fsp3) is 0.333. The average Bonchev–Trinajstić information content (AvgIpc) is 2.69. The summed E-state index contributed by atoms with van der Waals surface area (Å²) < 4.78 is 18.3. The summed E-state index contributed by atoms with van der Waals surface area (Å²) in [5, 5.41) is 3.61. The lowest BCUT2D eigenvalue weighted by Gasteiger charge is -2.06. The second-order valence-corrected chi connectivity index (χ2v) is 4.17. The van der Waals surface area contributed by atoms with Gasteiger partial charge in [0.15, 0.2) is 0 Å². The minimum Gasteiger partial charge on any atom is -0.342 e. The molecular formula is C12H13FN2O. The number of nitrogens with zero attached hydrogens (tertiary/aromatic N) is 2. The van der Waals surface area contributed by atoms with Gasteiger partial charge in [0, 0.05) is 0 Å². The summed E-state index contributed by atoms with van der Waals surface area (Å²) >= 11 is 0. The number of aromatic nitrogens is 2. The van der Waals surface area contributed by atoms with Gasteiger partial charge in [-0.05, 0) is 30.0 Å². The second-order valence-electron chi connectivity index (χ2n) is 4.17. The fourth-order valence-electron chi connectivity index (χ4n) is 1.63. The van der Waals surface area contributed by atoms with Crippen LogP contribution in [0.15, 0.2) is 29.1 Å². The molecule has 0 unspecified atom stereocenters. The Morgan fingerprint density at radius 1 is 1.38 bits per heavy atom.